The Bertz CT molecular complexity index is 1970. The Morgan fingerprint density at radius 1 is 0.960 bits per heavy atom. The second-order valence-electron chi connectivity index (χ2n) is 13.6. The number of rotatable bonds is 10. The molecule has 0 aliphatic carbocycles. The Labute approximate surface area is 291 Å². The molecule has 1 saturated heterocycles. The molecular formula is C38H43N7O5. The molecule has 1 aliphatic rings. The Hall–Kier alpha value is -5.65. The highest BCUT2D eigenvalue weighted by molar-refractivity contribution is 6.03. The second-order valence-corrected chi connectivity index (χ2v) is 13.6. The van der Waals surface area contributed by atoms with E-state index in [0.29, 0.717) is 65.3 Å². The zero-order valence-corrected chi connectivity index (χ0v) is 29.3. The molecule has 4 heterocycles. The Kier molecular flexibility index (Phi) is 9.89. The van der Waals surface area contributed by atoms with Crippen molar-refractivity contribution in [2.75, 3.05) is 30.8 Å². The number of anilines is 2. The van der Waals surface area contributed by atoms with E-state index in [9.17, 15) is 9.59 Å². The summed E-state index contributed by atoms with van der Waals surface area (Å²) in [6, 6.07) is 20.3. The lowest BCUT2D eigenvalue weighted by molar-refractivity contribution is 0.0293. The Morgan fingerprint density at radius 2 is 1.68 bits per heavy atom. The number of carbonyl (C=O) groups is 2. The van der Waals surface area contributed by atoms with Crippen molar-refractivity contribution in [2.45, 2.75) is 65.1 Å². The van der Waals surface area contributed by atoms with Gasteiger partial charge >= 0.3 is 6.09 Å². The van der Waals surface area contributed by atoms with Gasteiger partial charge in [0, 0.05) is 43.2 Å². The molecule has 1 fully saturated rings. The van der Waals surface area contributed by atoms with Crippen LogP contribution in [0.2, 0.25) is 0 Å². The zero-order valence-electron chi connectivity index (χ0n) is 29.3. The minimum absolute atomic E-state index is 0.0587. The number of hydrogen-bond donors (Lipinski definition) is 2. The van der Waals surface area contributed by atoms with Gasteiger partial charge in [0.15, 0.2) is 11.5 Å². The third-order valence-electron chi connectivity index (χ3n) is 8.30. The van der Waals surface area contributed by atoms with E-state index in [1.54, 1.807) is 54.7 Å². The van der Waals surface area contributed by atoms with E-state index >= 15 is 0 Å². The van der Waals surface area contributed by atoms with Crippen LogP contribution >= 0.6 is 0 Å². The number of amides is 2. The molecule has 6 rings (SSSR count). The van der Waals surface area contributed by atoms with Crippen LogP contribution in [0.15, 0.2) is 79.1 Å². The highest BCUT2D eigenvalue weighted by Crippen LogP contribution is 2.35. The predicted molar refractivity (Wildman–Crippen MR) is 192 cm³/mol. The van der Waals surface area contributed by atoms with Gasteiger partial charge in [-0.3, -0.25) is 4.79 Å². The van der Waals surface area contributed by atoms with E-state index < -0.39 is 5.60 Å². The average molecular weight is 678 g/mol. The maximum absolute atomic E-state index is 13.0. The van der Waals surface area contributed by atoms with Crippen LogP contribution in [0.4, 0.5) is 16.4 Å². The van der Waals surface area contributed by atoms with Crippen molar-refractivity contribution in [2.24, 2.45) is 0 Å². The number of nitrogens with zero attached hydrogens (tertiary/aromatic N) is 5. The number of likely N-dealkylation sites (tertiary alicyclic amines) is 1. The van der Waals surface area contributed by atoms with Crippen molar-refractivity contribution in [1.29, 1.82) is 0 Å². The summed E-state index contributed by atoms with van der Waals surface area (Å²) < 4.78 is 19.2. The van der Waals surface area contributed by atoms with E-state index in [2.05, 4.69) is 29.5 Å². The van der Waals surface area contributed by atoms with Crippen LogP contribution in [-0.4, -0.2) is 68.5 Å². The number of pyridine rings is 2. The predicted octanol–water partition coefficient (Wildman–Crippen LogP) is 7.47. The molecular weight excluding hydrogens is 634 g/mol. The van der Waals surface area contributed by atoms with Crippen LogP contribution in [0.5, 0.6) is 17.2 Å². The summed E-state index contributed by atoms with van der Waals surface area (Å²) in [5, 5.41) is 12.1. The lowest BCUT2D eigenvalue weighted by atomic mass is 10.1. The number of fused-ring (bicyclic) bond motifs is 1. The molecule has 0 saturated carbocycles. The van der Waals surface area contributed by atoms with E-state index in [4.69, 9.17) is 24.3 Å². The van der Waals surface area contributed by atoms with Crippen molar-refractivity contribution in [1.82, 2.24) is 24.6 Å². The summed E-state index contributed by atoms with van der Waals surface area (Å²) in [7, 11) is 1.64. The SMILES string of the molecule is COc1ccc(Cn2nc(N[C@@H]3CCN(C(=O)OC(C)(C)C)C3)c3c(Oc4ccc(C(=O)Nc5cc(C(C)C)ccn5)cc4)ccnc32)cc1. The standard InChI is InChI=1S/C38H43N7O5/c1-24(2)27-15-18-39-32(21-27)42-36(46)26-9-13-30(14-10-26)49-31-16-19-40-35-33(31)34(43-45(35)22-25-7-11-29(48-6)12-8-25)41-28-17-20-44(23-28)37(47)50-38(3,4)5/h7-16,18-19,21,24,28H,17,20,22-23H2,1-6H3,(H,41,43)(H,39,42,46)/t28-/m1/s1. The molecule has 0 unspecified atom stereocenters. The average Bonchev–Trinajstić information content (AvgIpc) is 3.70. The first-order chi connectivity index (χ1) is 24.0. The van der Waals surface area contributed by atoms with Crippen LogP contribution in [0, 0.1) is 0 Å². The first kappa shape index (κ1) is 34.2. The van der Waals surface area contributed by atoms with Gasteiger partial charge in [-0.15, -0.1) is 0 Å². The number of methoxy groups -OCH3 is 1. The van der Waals surface area contributed by atoms with E-state index in [1.165, 1.54) is 0 Å². The summed E-state index contributed by atoms with van der Waals surface area (Å²) in [5.74, 6) is 3.02. The molecule has 3 aromatic heterocycles. The fraction of sp³-hybridized carbons (Fsp3) is 0.342. The highest BCUT2D eigenvalue weighted by Gasteiger charge is 2.31. The quantitative estimate of drug-likeness (QED) is 0.154. The number of aromatic nitrogens is 4. The van der Waals surface area contributed by atoms with Gasteiger partial charge in [0.25, 0.3) is 5.91 Å². The van der Waals surface area contributed by atoms with Crippen molar-refractivity contribution >= 4 is 34.7 Å². The van der Waals surface area contributed by atoms with Gasteiger partial charge in [0.2, 0.25) is 0 Å². The molecule has 2 aromatic carbocycles. The van der Waals surface area contributed by atoms with E-state index in [-0.39, 0.29) is 18.0 Å². The van der Waals surface area contributed by atoms with E-state index in [0.717, 1.165) is 23.3 Å². The molecule has 50 heavy (non-hydrogen) atoms. The topological polar surface area (TPSA) is 133 Å². The van der Waals surface area contributed by atoms with Gasteiger partial charge < -0.3 is 29.7 Å². The van der Waals surface area contributed by atoms with Crippen molar-refractivity contribution in [3.63, 3.8) is 0 Å². The molecule has 2 amide bonds. The first-order valence-electron chi connectivity index (χ1n) is 16.7. The number of carbonyl (C=O) groups excluding carboxylic acids is 2. The summed E-state index contributed by atoms with van der Waals surface area (Å²) in [5.41, 5.74) is 2.65. The third kappa shape index (κ3) is 8.13. The molecule has 0 radical (unpaired) electrons. The monoisotopic (exact) mass is 677 g/mol. The van der Waals surface area contributed by atoms with Gasteiger partial charge in [0.1, 0.15) is 34.1 Å². The molecule has 5 aromatic rings. The van der Waals surface area contributed by atoms with Crippen molar-refractivity contribution in [3.8, 4) is 17.2 Å². The molecule has 260 valence electrons. The molecule has 12 heteroatoms. The maximum Gasteiger partial charge on any atom is 0.410 e. The number of hydrogen-bond acceptors (Lipinski definition) is 9. The molecule has 1 atom stereocenters. The highest BCUT2D eigenvalue weighted by atomic mass is 16.6. The number of nitrogens with one attached hydrogen (secondary N) is 2. The summed E-state index contributed by atoms with van der Waals surface area (Å²) >= 11 is 0. The van der Waals surface area contributed by atoms with E-state index in [1.807, 2.05) is 61.9 Å². The first-order valence-corrected chi connectivity index (χ1v) is 16.7. The second kappa shape index (κ2) is 14.5. The maximum atomic E-state index is 13.0. The largest absolute Gasteiger partial charge is 0.497 e. The lowest BCUT2D eigenvalue weighted by Gasteiger charge is -2.24. The van der Waals surface area contributed by atoms with Gasteiger partial charge in [-0.2, -0.15) is 5.10 Å². The minimum Gasteiger partial charge on any atom is -0.497 e. The Balaban J connectivity index is 1.24. The smallest absolute Gasteiger partial charge is 0.410 e. The lowest BCUT2D eigenvalue weighted by Crippen LogP contribution is -2.36. The Morgan fingerprint density at radius 3 is 2.38 bits per heavy atom. The van der Waals surface area contributed by atoms with Crippen LogP contribution in [-0.2, 0) is 11.3 Å². The minimum atomic E-state index is -0.574. The summed E-state index contributed by atoms with van der Waals surface area (Å²) in [4.78, 5) is 36.5. The van der Waals surface area contributed by atoms with Gasteiger partial charge in [-0.05, 0) is 92.8 Å². The fourth-order valence-electron chi connectivity index (χ4n) is 5.70. The molecule has 0 spiro atoms. The molecule has 0 bridgehead atoms. The van der Waals surface area contributed by atoms with Crippen LogP contribution in [0.25, 0.3) is 11.0 Å². The van der Waals surface area contributed by atoms with Crippen LogP contribution < -0.4 is 20.1 Å². The van der Waals surface area contributed by atoms with Crippen molar-refractivity contribution < 1.29 is 23.8 Å². The van der Waals surface area contributed by atoms with Crippen molar-refractivity contribution in [3.05, 3.63) is 95.8 Å². The van der Waals surface area contributed by atoms with Gasteiger partial charge in [0.05, 0.1) is 13.7 Å². The van der Waals surface area contributed by atoms with Crippen LogP contribution in [0.3, 0.4) is 0 Å². The normalized spacial score (nSPS) is 14.5. The number of benzene rings is 2. The van der Waals surface area contributed by atoms with Gasteiger partial charge in [-0.1, -0.05) is 26.0 Å². The summed E-state index contributed by atoms with van der Waals surface area (Å²) in [6.07, 6.45) is 3.78. The molecule has 1 aliphatic heterocycles. The zero-order chi connectivity index (χ0) is 35.4. The number of ether oxygens (including phenoxy) is 3. The van der Waals surface area contributed by atoms with Crippen LogP contribution in [0.1, 0.15) is 68.4 Å². The fourth-order valence-corrected chi connectivity index (χ4v) is 5.70. The summed E-state index contributed by atoms with van der Waals surface area (Å²) in [6.45, 7) is 11.3. The molecule has 12 nitrogen and oxygen atoms in total. The third-order valence-corrected chi connectivity index (χ3v) is 8.30. The van der Waals surface area contributed by atoms with Gasteiger partial charge in [-0.25, -0.2) is 19.4 Å². The molecule has 2 N–H and O–H groups in total.